The van der Waals surface area contributed by atoms with Crippen molar-refractivity contribution in [1.29, 1.82) is 0 Å². The zero-order valence-electron chi connectivity index (χ0n) is 14.2. The second kappa shape index (κ2) is 8.03. The van der Waals surface area contributed by atoms with E-state index in [2.05, 4.69) is 17.0 Å². The number of nitrogens with zero attached hydrogens (tertiary/aromatic N) is 3. The molecule has 1 aromatic carbocycles. The van der Waals surface area contributed by atoms with Crippen LogP contribution < -0.4 is 0 Å². The van der Waals surface area contributed by atoms with Crippen LogP contribution in [0.3, 0.4) is 0 Å². The van der Waals surface area contributed by atoms with Crippen LogP contribution in [0.25, 0.3) is 0 Å². The molecule has 1 atom stereocenters. The average Bonchev–Trinajstić information content (AvgIpc) is 2.64. The maximum Gasteiger partial charge on any atom is 0.244 e. The number of hydrogen-bond donors (Lipinski definition) is 0. The Bertz CT molecular complexity index is 567. The number of benzene rings is 1. The summed E-state index contributed by atoms with van der Waals surface area (Å²) in [6.45, 7) is 6.02. The van der Waals surface area contributed by atoms with Gasteiger partial charge in [-0.05, 0) is 5.56 Å². The maximum absolute atomic E-state index is 13.2. The lowest BCUT2D eigenvalue weighted by molar-refractivity contribution is -0.142. The number of rotatable bonds is 3. The third-order valence-electron chi connectivity index (χ3n) is 4.80. The van der Waals surface area contributed by atoms with E-state index in [-0.39, 0.29) is 17.9 Å². The molecule has 2 heterocycles. The Morgan fingerprint density at radius 1 is 0.917 bits per heavy atom. The highest BCUT2D eigenvalue weighted by Gasteiger charge is 2.33. The lowest BCUT2D eigenvalue weighted by Gasteiger charge is -2.40. The molecular weight excluding hydrogens is 322 g/mol. The van der Waals surface area contributed by atoms with Crippen LogP contribution in [0, 0.1) is 0 Å². The van der Waals surface area contributed by atoms with Gasteiger partial charge in [-0.2, -0.15) is 11.8 Å². The van der Waals surface area contributed by atoms with Crippen LogP contribution in [0.2, 0.25) is 0 Å². The molecule has 0 aromatic heterocycles. The first kappa shape index (κ1) is 17.3. The Hall–Kier alpha value is -1.53. The Kier molecular flexibility index (Phi) is 5.79. The topological polar surface area (TPSA) is 43.9 Å². The predicted molar refractivity (Wildman–Crippen MR) is 96.9 cm³/mol. The van der Waals surface area contributed by atoms with Gasteiger partial charge in [0.2, 0.25) is 11.8 Å². The maximum atomic E-state index is 13.2. The second-order valence-electron chi connectivity index (χ2n) is 6.29. The molecule has 6 heteroatoms. The molecule has 0 aliphatic carbocycles. The Balaban J connectivity index is 1.75. The fourth-order valence-corrected chi connectivity index (χ4v) is 4.33. The largest absolute Gasteiger partial charge is 0.339 e. The minimum absolute atomic E-state index is 0.0924. The monoisotopic (exact) mass is 347 g/mol. The summed E-state index contributed by atoms with van der Waals surface area (Å²) in [5.41, 5.74) is 1.07. The molecule has 0 bridgehead atoms. The van der Waals surface area contributed by atoms with E-state index in [0.29, 0.717) is 26.2 Å². The van der Waals surface area contributed by atoms with Crippen LogP contribution in [0.4, 0.5) is 0 Å². The van der Waals surface area contributed by atoms with Gasteiger partial charge in [0.05, 0.1) is 0 Å². The summed E-state index contributed by atoms with van der Waals surface area (Å²) < 4.78 is 0. The van der Waals surface area contributed by atoms with E-state index >= 15 is 0 Å². The number of thioether (sulfide) groups is 1. The Morgan fingerprint density at radius 2 is 1.50 bits per heavy atom. The van der Waals surface area contributed by atoms with E-state index in [1.807, 2.05) is 39.8 Å². The zero-order valence-corrected chi connectivity index (χ0v) is 15.0. The summed E-state index contributed by atoms with van der Waals surface area (Å²) in [5, 5.41) is 0. The number of hydrogen-bond acceptors (Lipinski definition) is 4. The van der Waals surface area contributed by atoms with Crippen molar-refractivity contribution >= 4 is 23.6 Å². The third-order valence-corrected chi connectivity index (χ3v) is 5.74. The molecule has 5 nitrogen and oxygen atoms in total. The van der Waals surface area contributed by atoms with Crippen LogP contribution in [0.15, 0.2) is 30.3 Å². The molecule has 0 saturated carbocycles. The smallest absolute Gasteiger partial charge is 0.244 e. The number of carbonyl (C=O) groups excluding carboxylic acids is 2. The summed E-state index contributed by atoms with van der Waals surface area (Å²) in [7, 11) is 0. The molecule has 2 fully saturated rings. The number of carbonyl (C=O) groups is 2. The molecule has 0 radical (unpaired) electrons. The second-order valence-corrected chi connectivity index (χ2v) is 7.52. The fourth-order valence-electron chi connectivity index (χ4n) is 3.40. The Labute approximate surface area is 148 Å². The number of piperazine rings is 1. The highest BCUT2D eigenvalue weighted by Crippen LogP contribution is 2.26. The molecule has 130 valence electrons. The first-order valence-electron chi connectivity index (χ1n) is 8.58. The highest BCUT2D eigenvalue weighted by atomic mass is 32.2. The minimum Gasteiger partial charge on any atom is -0.339 e. The molecule has 1 unspecified atom stereocenters. The van der Waals surface area contributed by atoms with E-state index in [9.17, 15) is 9.59 Å². The van der Waals surface area contributed by atoms with Crippen molar-refractivity contribution in [2.75, 3.05) is 50.8 Å². The van der Waals surface area contributed by atoms with Gasteiger partial charge in [-0.3, -0.25) is 14.5 Å². The van der Waals surface area contributed by atoms with Crippen LogP contribution >= 0.6 is 11.8 Å². The molecule has 2 amide bonds. The molecule has 2 saturated heterocycles. The van der Waals surface area contributed by atoms with Crippen LogP contribution in [0.1, 0.15) is 18.5 Å². The normalized spacial score (nSPS) is 20.7. The van der Waals surface area contributed by atoms with Gasteiger partial charge in [-0.25, -0.2) is 0 Å². The van der Waals surface area contributed by atoms with Gasteiger partial charge in [-0.1, -0.05) is 30.3 Å². The SMILES string of the molecule is CC(=O)N1CCN(C(=O)C(c2ccccc2)N2CCSCC2)CC1. The lowest BCUT2D eigenvalue weighted by atomic mass is 10.0. The minimum atomic E-state index is -0.198. The lowest BCUT2D eigenvalue weighted by Crippen LogP contribution is -2.53. The van der Waals surface area contributed by atoms with Crippen molar-refractivity contribution in [3.63, 3.8) is 0 Å². The van der Waals surface area contributed by atoms with Crippen LogP contribution in [0.5, 0.6) is 0 Å². The zero-order chi connectivity index (χ0) is 16.9. The molecule has 0 N–H and O–H groups in total. The first-order chi connectivity index (χ1) is 11.7. The van der Waals surface area contributed by atoms with Crippen molar-refractivity contribution in [2.24, 2.45) is 0 Å². The predicted octanol–water partition coefficient (Wildman–Crippen LogP) is 1.47. The molecule has 1 aromatic rings. The first-order valence-corrected chi connectivity index (χ1v) is 9.73. The van der Waals surface area contributed by atoms with E-state index in [1.54, 1.807) is 6.92 Å². The highest BCUT2D eigenvalue weighted by molar-refractivity contribution is 7.99. The van der Waals surface area contributed by atoms with Gasteiger partial charge in [-0.15, -0.1) is 0 Å². The van der Waals surface area contributed by atoms with Gasteiger partial charge in [0.1, 0.15) is 6.04 Å². The molecule has 2 aliphatic rings. The van der Waals surface area contributed by atoms with E-state index < -0.39 is 0 Å². The summed E-state index contributed by atoms with van der Waals surface area (Å²) in [6, 6.07) is 9.90. The summed E-state index contributed by atoms with van der Waals surface area (Å²) in [6.07, 6.45) is 0. The molecular formula is C18H25N3O2S. The average molecular weight is 347 g/mol. The summed E-state index contributed by atoms with van der Waals surface area (Å²) in [4.78, 5) is 30.8. The van der Waals surface area contributed by atoms with Crippen molar-refractivity contribution in [3.8, 4) is 0 Å². The van der Waals surface area contributed by atoms with Crippen molar-refractivity contribution in [3.05, 3.63) is 35.9 Å². The van der Waals surface area contributed by atoms with E-state index in [1.165, 1.54) is 0 Å². The van der Waals surface area contributed by atoms with Gasteiger partial charge < -0.3 is 9.80 Å². The van der Waals surface area contributed by atoms with Gasteiger partial charge in [0.25, 0.3) is 0 Å². The molecule has 2 aliphatic heterocycles. The van der Waals surface area contributed by atoms with Crippen molar-refractivity contribution in [1.82, 2.24) is 14.7 Å². The fraction of sp³-hybridized carbons (Fsp3) is 0.556. The quantitative estimate of drug-likeness (QED) is 0.831. The van der Waals surface area contributed by atoms with E-state index in [4.69, 9.17) is 0 Å². The summed E-state index contributed by atoms with van der Waals surface area (Å²) >= 11 is 1.95. The van der Waals surface area contributed by atoms with Crippen molar-refractivity contribution in [2.45, 2.75) is 13.0 Å². The molecule has 3 rings (SSSR count). The molecule has 0 spiro atoms. The van der Waals surface area contributed by atoms with Crippen LogP contribution in [-0.2, 0) is 9.59 Å². The van der Waals surface area contributed by atoms with Gasteiger partial charge in [0, 0.05) is 57.7 Å². The molecule has 24 heavy (non-hydrogen) atoms. The van der Waals surface area contributed by atoms with Gasteiger partial charge >= 0.3 is 0 Å². The van der Waals surface area contributed by atoms with Crippen LogP contribution in [-0.4, -0.2) is 77.3 Å². The van der Waals surface area contributed by atoms with Gasteiger partial charge in [0.15, 0.2) is 0 Å². The summed E-state index contributed by atoms with van der Waals surface area (Å²) in [5.74, 6) is 2.43. The van der Waals surface area contributed by atoms with Crippen molar-refractivity contribution < 1.29 is 9.59 Å². The Morgan fingerprint density at radius 3 is 2.08 bits per heavy atom. The standard InChI is InChI=1S/C18H25N3O2S/c1-15(22)19-7-9-21(10-8-19)18(23)17(16-5-3-2-4-6-16)20-11-13-24-14-12-20/h2-6,17H,7-14H2,1H3. The van der Waals surface area contributed by atoms with E-state index in [0.717, 1.165) is 30.2 Å². The third kappa shape index (κ3) is 3.92. The number of amides is 2.